The molecule has 1 aliphatic rings. The Morgan fingerprint density at radius 2 is 1.93 bits per heavy atom. The van der Waals surface area contributed by atoms with Crippen LogP contribution in [0.15, 0.2) is 58.0 Å². The number of aryl methyl sites for hydroxylation is 1. The summed E-state index contributed by atoms with van der Waals surface area (Å²) in [5.41, 5.74) is -0.301. The van der Waals surface area contributed by atoms with E-state index >= 15 is 0 Å². The van der Waals surface area contributed by atoms with Gasteiger partial charge in [-0.25, -0.2) is 13.4 Å². The molecular formula is C19H15F3N2O4S. The third-order valence-electron chi connectivity index (χ3n) is 4.40. The monoisotopic (exact) mass is 424 g/mol. The number of oxazole rings is 1. The van der Waals surface area contributed by atoms with E-state index in [2.05, 4.69) is 4.98 Å². The smallest absolute Gasteiger partial charge is 0.416 e. The van der Waals surface area contributed by atoms with E-state index in [0.717, 1.165) is 22.5 Å². The predicted octanol–water partition coefficient (Wildman–Crippen LogP) is 4.26. The minimum absolute atomic E-state index is 0.0420. The van der Waals surface area contributed by atoms with Crippen LogP contribution in [0.2, 0.25) is 0 Å². The number of sulfonamides is 1. The summed E-state index contributed by atoms with van der Waals surface area (Å²) in [6.45, 7) is 1.75. The quantitative estimate of drug-likeness (QED) is 0.628. The lowest BCUT2D eigenvalue weighted by Crippen LogP contribution is -2.38. The molecule has 152 valence electrons. The van der Waals surface area contributed by atoms with Crippen molar-refractivity contribution >= 4 is 15.7 Å². The van der Waals surface area contributed by atoms with Crippen molar-refractivity contribution in [2.45, 2.75) is 18.0 Å². The van der Waals surface area contributed by atoms with Crippen LogP contribution in [0.4, 0.5) is 18.9 Å². The van der Waals surface area contributed by atoms with Gasteiger partial charge in [-0.1, -0.05) is 6.07 Å². The fraction of sp³-hybridized carbons (Fsp3) is 0.211. The van der Waals surface area contributed by atoms with Crippen molar-refractivity contribution in [1.82, 2.24) is 4.98 Å². The summed E-state index contributed by atoms with van der Waals surface area (Å²) in [6, 6.07) is 8.46. The number of ether oxygens (including phenoxy) is 1. The average molecular weight is 424 g/mol. The summed E-state index contributed by atoms with van der Waals surface area (Å²) in [4.78, 5) is 3.67. The molecule has 1 aromatic heterocycles. The number of halogens is 3. The second kappa shape index (κ2) is 6.80. The van der Waals surface area contributed by atoms with Gasteiger partial charge in [-0.2, -0.15) is 13.2 Å². The molecule has 0 bridgehead atoms. The molecule has 1 aliphatic heterocycles. The van der Waals surface area contributed by atoms with Crippen LogP contribution in [0, 0.1) is 6.92 Å². The molecule has 0 amide bonds. The molecule has 0 aliphatic carbocycles. The van der Waals surface area contributed by atoms with Crippen LogP contribution in [-0.4, -0.2) is 26.6 Å². The Hall–Kier alpha value is -3.01. The van der Waals surface area contributed by atoms with Crippen LogP contribution in [-0.2, 0) is 16.2 Å². The maximum Gasteiger partial charge on any atom is 0.416 e. The molecule has 2 aromatic carbocycles. The lowest BCUT2D eigenvalue weighted by atomic mass is 10.1. The third kappa shape index (κ3) is 3.55. The first-order valence-electron chi connectivity index (χ1n) is 8.56. The molecule has 29 heavy (non-hydrogen) atoms. The molecule has 0 radical (unpaired) electrons. The highest BCUT2D eigenvalue weighted by Gasteiger charge is 2.35. The Bertz CT molecular complexity index is 1170. The third-order valence-corrected chi connectivity index (χ3v) is 6.21. The number of anilines is 1. The Kier molecular flexibility index (Phi) is 4.53. The van der Waals surface area contributed by atoms with Gasteiger partial charge in [-0.15, -0.1) is 0 Å². The fourth-order valence-electron chi connectivity index (χ4n) is 3.02. The van der Waals surface area contributed by atoms with Gasteiger partial charge in [0.2, 0.25) is 5.89 Å². The van der Waals surface area contributed by atoms with Crippen LogP contribution in [0.25, 0.3) is 11.5 Å². The normalized spacial score (nSPS) is 14.4. The van der Waals surface area contributed by atoms with Gasteiger partial charge in [0, 0.05) is 5.56 Å². The van der Waals surface area contributed by atoms with Crippen LogP contribution < -0.4 is 9.04 Å². The zero-order valence-corrected chi connectivity index (χ0v) is 15.9. The van der Waals surface area contributed by atoms with Crippen molar-refractivity contribution in [3.05, 3.63) is 60.0 Å². The lowest BCUT2D eigenvalue weighted by molar-refractivity contribution is -0.137. The molecule has 2 heterocycles. The number of benzene rings is 2. The van der Waals surface area contributed by atoms with E-state index in [9.17, 15) is 21.6 Å². The molecule has 6 nitrogen and oxygen atoms in total. The second-order valence-corrected chi connectivity index (χ2v) is 8.27. The molecule has 0 unspecified atom stereocenters. The Labute approximate surface area is 164 Å². The van der Waals surface area contributed by atoms with E-state index in [4.69, 9.17) is 9.15 Å². The molecule has 4 rings (SSSR count). The van der Waals surface area contributed by atoms with Crippen molar-refractivity contribution in [3.8, 4) is 17.2 Å². The number of aromatic nitrogens is 1. The standard InChI is InChI=1S/C19H15F3N2O4S/c1-12-11-23-18(28-12)13-5-6-17-16(9-13)24(7-8-27-17)29(25,26)15-4-2-3-14(10-15)19(20,21)22/h2-6,9-11H,7-8H2,1H3. The molecule has 0 N–H and O–H groups in total. The summed E-state index contributed by atoms with van der Waals surface area (Å²) >= 11 is 0. The van der Waals surface area contributed by atoms with Crippen LogP contribution in [0.3, 0.4) is 0 Å². The summed E-state index contributed by atoms with van der Waals surface area (Å²) in [5, 5.41) is 0. The van der Waals surface area contributed by atoms with Crippen molar-refractivity contribution in [1.29, 1.82) is 0 Å². The fourth-order valence-corrected chi connectivity index (χ4v) is 4.52. The van der Waals surface area contributed by atoms with Crippen molar-refractivity contribution in [2.75, 3.05) is 17.5 Å². The SMILES string of the molecule is Cc1cnc(-c2ccc3c(c2)N(S(=O)(=O)c2cccc(C(F)(F)F)c2)CCO3)o1. The van der Waals surface area contributed by atoms with Crippen LogP contribution >= 0.6 is 0 Å². The van der Waals surface area contributed by atoms with Gasteiger partial charge >= 0.3 is 6.18 Å². The summed E-state index contributed by atoms with van der Waals surface area (Å²) in [6.07, 6.45) is -3.12. The van der Waals surface area contributed by atoms with E-state index in [1.165, 1.54) is 12.3 Å². The zero-order valence-electron chi connectivity index (χ0n) is 15.1. The lowest BCUT2D eigenvalue weighted by Gasteiger charge is -2.30. The summed E-state index contributed by atoms with van der Waals surface area (Å²) < 4.78 is 77.4. The number of alkyl halides is 3. The number of hydrogen-bond acceptors (Lipinski definition) is 5. The van der Waals surface area contributed by atoms with Gasteiger partial charge in [0.15, 0.2) is 0 Å². The second-order valence-electron chi connectivity index (χ2n) is 6.41. The first-order chi connectivity index (χ1) is 13.7. The molecule has 3 aromatic rings. The average Bonchev–Trinajstić information content (AvgIpc) is 3.13. The van der Waals surface area contributed by atoms with Crippen molar-refractivity contribution in [2.24, 2.45) is 0 Å². The van der Waals surface area contributed by atoms with Crippen LogP contribution in [0.1, 0.15) is 11.3 Å². The molecule has 0 saturated heterocycles. The minimum atomic E-state index is -4.65. The molecule has 0 atom stereocenters. The maximum atomic E-state index is 13.1. The Morgan fingerprint density at radius 3 is 2.62 bits per heavy atom. The molecule has 0 fully saturated rings. The maximum absolute atomic E-state index is 13.1. The van der Waals surface area contributed by atoms with Crippen molar-refractivity contribution < 1.29 is 30.7 Å². The summed E-state index contributed by atoms with van der Waals surface area (Å²) in [7, 11) is -4.25. The van der Waals surface area contributed by atoms with Gasteiger partial charge < -0.3 is 9.15 Å². The number of fused-ring (bicyclic) bond motifs is 1. The van der Waals surface area contributed by atoms with Gasteiger partial charge in [0.05, 0.1) is 28.9 Å². The van der Waals surface area contributed by atoms with E-state index in [-0.39, 0.29) is 18.8 Å². The molecule has 0 saturated carbocycles. The number of hydrogen-bond donors (Lipinski definition) is 0. The van der Waals surface area contributed by atoms with E-state index in [1.807, 2.05) is 0 Å². The largest absolute Gasteiger partial charge is 0.489 e. The highest BCUT2D eigenvalue weighted by Crippen LogP contribution is 2.39. The highest BCUT2D eigenvalue weighted by atomic mass is 32.2. The number of rotatable bonds is 3. The molecule has 10 heteroatoms. The molecular weight excluding hydrogens is 409 g/mol. The highest BCUT2D eigenvalue weighted by molar-refractivity contribution is 7.92. The topological polar surface area (TPSA) is 72.6 Å². The van der Waals surface area contributed by atoms with Crippen LogP contribution in [0.5, 0.6) is 5.75 Å². The van der Waals surface area contributed by atoms with Gasteiger partial charge in [-0.3, -0.25) is 4.31 Å². The van der Waals surface area contributed by atoms with E-state index < -0.39 is 26.7 Å². The zero-order chi connectivity index (χ0) is 20.8. The van der Waals surface area contributed by atoms with Gasteiger partial charge in [0.1, 0.15) is 18.1 Å². The van der Waals surface area contributed by atoms with Gasteiger partial charge in [-0.05, 0) is 43.3 Å². The Balaban J connectivity index is 1.79. The summed E-state index contributed by atoms with van der Waals surface area (Å²) in [5.74, 6) is 1.19. The Morgan fingerprint density at radius 1 is 1.14 bits per heavy atom. The predicted molar refractivity (Wildman–Crippen MR) is 98.1 cm³/mol. The minimum Gasteiger partial charge on any atom is -0.489 e. The van der Waals surface area contributed by atoms with Crippen molar-refractivity contribution in [3.63, 3.8) is 0 Å². The molecule has 0 spiro atoms. The number of nitrogens with zero attached hydrogens (tertiary/aromatic N) is 2. The first kappa shape index (κ1) is 19.3. The van der Waals surface area contributed by atoms with E-state index in [1.54, 1.807) is 19.1 Å². The van der Waals surface area contributed by atoms with Gasteiger partial charge in [0.25, 0.3) is 10.0 Å². The first-order valence-corrected chi connectivity index (χ1v) is 10.00. The van der Waals surface area contributed by atoms with E-state index in [0.29, 0.717) is 29.0 Å².